The van der Waals surface area contributed by atoms with Crippen molar-refractivity contribution >= 4 is 0 Å². The van der Waals surface area contributed by atoms with Gasteiger partial charge in [0.25, 0.3) is 0 Å². The molecule has 3 nitrogen and oxygen atoms in total. The Morgan fingerprint density at radius 1 is 1.32 bits per heavy atom. The molecule has 0 aliphatic heterocycles. The zero-order valence-corrected chi connectivity index (χ0v) is 11.3. The molecule has 2 atom stereocenters. The molecule has 0 amide bonds. The minimum absolute atomic E-state index is 0.0684. The monoisotopic (exact) mass is 279 g/mol. The summed E-state index contributed by atoms with van der Waals surface area (Å²) in [5.74, 6) is -0.571. The third kappa shape index (κ3) is 4.24. The molecule has 0 fully saturated rings. The maximum absolute atomic E-state index is 12.5. The van der Waals surface area contributed by atoms with Crippen molar-refractivity contribution in [3.8, 4) is 0 Å². The van der Waals surface area contributed by atoms with Crippen molar-refractivity contribution in [2.75, 3.05) is 6.61 Å². The SMILES string of the molecule is CC[C@@H](N[C@@H](CO)C(C)C)c1ccc(C(F)(F)F)o1. The standard InChI is InChI=1S/C13H20F3NO2/c1-4-9(17-10(7-18)8(2)3)11-5-6-12(19-11)13(14,15)16/h5-6,8-10,17-18H,4,7H2,1-3H3/t9-,10+/m1/s1. The lowest BCUT2D eigenvalue weighted by molar-refractivity contribution is -0.153. The summed E-state index contributed by atoms with van der Waals surface area (Å²) in [7, 11) is 0. The maximum atomic E-state index is 12.5. The van der Waals surface area contributed by atoms with Crippen molar-refractivity contribution in [2.45, 2.75) is 45.5 Å². The minimum atomic E-state index is -4.47. The van der Waals surface area contributed by atoms with Gasteiger partial charge in [0.15, 0.2) is 0 Å². The highest BCUT2D eigenvalue weighted by atomic mass is 19.4. The Balaban J connectivity index is 2.83. The summed E-state index contributed by atoms with van der Waals surface area (Å²) in [6.45, 7) is 5.65. The van der Waals surface area contributed by atoms with E-state index >= 15 is 0 Å². The van der Waals surface area contributed by atoms with E-state index < -0.39 is 11.9 Å². The quantitative estimate of drug-likeness (QED) is 0.839. The Morgan fingerprint density at radius 2 is 1.95 bits per heavy atom. The zero-order valence-electron chi connectivity index (χ0n) is 11.3. The molecule has 0 spiro atoms. The first-order chi connectivity index (χ1) is 8.79. The smallest absolute Gasteiger partial charge is 0.449 e. The molecule has 1 rings (SSSR count). The first-order valence-electron chi connectivity index (χ1n) is 6.33. The van der Waals surface area contributed by atoms with E-state index in [0.29, 0.717) is 6.42 Å². The number of aliphatic hydroxyl groups is 1. The average molecular weight is 279 g/mol. The van der Waals surface area contributed by atoms with Crippen molar-refractivity contribution in [3.63, 3.8) is 0 Å². The predicted molar refractivity (Wildman–Crippen MR) is 65.6 cm³/mol. The summed E-state index contributed by atoms with van der Waals surface area (Å²) in [5.41, 5.74) is 0. The Bertz CT molecular complexity index is 387. The number of halogens is 3. The van der Waals surface area contributed by atoms with Gasteiger partial charge in [0.1, 0.15) is 5.76 Å². The van der Waals surface area contributed by atoms with Gasteiger partial charge in [0.2, 0.25) is 5.76 Å². The van der Waals surface area contributed by atoms with E-state index in [9.17, 15) is 18.3 Å². The van der Waals surface area contributed by atoms with E-state index in [4.69, 9.17) is 4.42 Å². The molecule has 0 bridgehead atoms. The van der Waals surface area contributed by atoms with Crippen LogP contribution in [0.1, 0.15) is 44.8 Å². The van der Waals surface area contributed by atoms with Gasteiger partial charge in [-0.2, -0.15) is 13.2 Å². The summed E-state index contributed by atoms with van der Waals surface area (Å²) >= 11 is 0. The summed E-state index contributed by atoms with van der Waals surface area (Å²) in [4.78, 5) is 0. The zero-order chi connectivity index (χ0) is 14.6. The molecule has 1 aromatic rings. The molecule has 0 unspecified atom stereocenters. The van der Waals surface area contributed by atoms with Crippen LogP contribution in [0.2, 0.25) is 0 Å². The summed E-state index contributed by atoms with van der Waals surface area (Å²) < 4.78 is 42.3. The highest BCUT2D eigenvalue weighted by molar-refractivity contribution is 5.13. The van der Waals surface area contributed by atoms with Crippen LogP contribution in [0.15, 0.2) is 16.5 Å². The lowest BCUT2D eigenvalue weighted by Crippen LogP contribution is -2.39. The van der Waals surface area contributed by atoms with E-state index in [0.717, 1.165) is 6.07 Å². The van der Waals surface area contributed by atoms with Crippen molar-refractivity contribution in [1.82, 2.24) is 5.32 Å². The van der Waals surface area contributed by atoms with Crippen LogP contribution < -0.4 is 5.32 Å². The minimum Gasteiger partial charge on any atom is -0.455 e. The van der Waals surface area contributed by atoms with Gasteiger partial charge in [-0.05, 0) is 24.5 Å². The molecule has 0 aliphatic carbocycles. The lowest BCUT2D eigenvalue weighted by Gasteiger charge is -2.25. The fraction of sp³-hybridized carbons (Fsp3) is 0.692. The first kappa shape index (κ1) is 16.0. The fourth-order valence-electron chi connectivity index (χ4n) is 1.81. The Labute approximate surface area is 110 Å². The molecule has 2 N–H and O–H groups in total. The lowest BCUT2D eigenvalue weighted by atomic mass is 10.0. The number of rotatable bonds is 6. The molecule has 1 aromatic heterocycles. The van der Waals surface area contributed by atoms with Crippen LogP contribution in [-0.4, -0.2) is 17.8 Å². The van der Waals surface area contributed by atoms with Crippen molar-refractivity contribution < 1.29 is 22.7 Å². The molecule has 110 valence electrons. The van der Waals surface area contributed by atoms with E-state index in [1.807, 2.05) is 20.8 Å². The van der Waals surface area contributed by atoms with Crippen molar-refractivity contribution in [1.29, 1.82) is 0 Å². The molecule has 1 heterocycles. The molecule has 0 radical (unpaired) electrons. The highest BCUT2D eigenvalue weighted by Gasteiger charge is 2.35. The van der Waals surface area contributed by atoms with Gasteiger partial charge in [-0.1, -0.05) is 20.8 Å². The number of alkyl halides is 3. The van der Waals surface area contributed by atoms with Gasteiger partial charge < -0.3 is 14.8 Å². The molecule has 19 heavy (non-hydrogen) atoms. The molecule has 0 saturated heterocycles. The average Bonchev–Trinajstić information content (AvgIpc) is 2.79. The number of aliphatic hydroxyl groups excluding tert-OH is 1. The van der Waals surface area contributed by atoms with E-state index in [-0.39, 0.29) is 30.4 Å². The molecular weight excluding hydrogens is 259 g/mol. The second kappa shape index (κ2) is 6.43. The van der Waals surface area contributed by atoms with Crippen LogP contribution in [0, 0.1) is 5.92 Å². The predicted octanol–water partition coefficient (Wildman–Crippen LogP) is 3.36. The molecular formula is C13H20F3NO2. The summed E-state index contributed by atoms with van der Waals surface area (Å²) in [6, 6.07) is 1.75. The largest absolute Gasteiger partial charge is 0.455 e. The number of furan rings is 1. The third-order valence-corrected chi connectivity index (χ3v) is 3.07. The van der Waals surface area contributed by atoms with Gasteiger partial charge >= 0.3 is 6.18 Å². The van der Waals surface area contributed by atoms with Crippen LogP contribution in [-0.2, 0) is 6.18 Å². The second-order valence-electron chi connectivity index (χ2n) is 4.86. The molecule has 0 aromatic carbocycles. The normalized spacial score (nSPS) is 15.8. The van der Waals surface area contributed by atoms with E-state index in [1.54, 1.807) is 0 Å². The van der Waals surface area contributed by atoms with Gasteiger partial charge in [-0.3, -0.25) is 0 Å². The molecule has 6 heteroatoms. The summed E-state index contributed by atoms with van der Waals surface area (Å²) in [6.07, 6.45) is -3.89. The molecule has 0 aliphatic rings. The molecule has 0 saturated carbocycles. The van der Waals surface area contributed by atoms with Gasteiger partial charge in [-0.25, -0.2) is 0 Å². The van der Waals surface area contributed by atoms with Crippen LogP contribution in [0.3, 0.4) is 0 Å². The Hall–Kier alpha value is -1.01. The Morgan fingerprint density at radius 3 is 2.32 bits per heavy atom. The fourth-order valence-corrected chi connectivity index (χ4v) is 1.81. The van der Waals surface area contributed by atoms with E-state index in [1.165, 1.54) is 6.07 Å². The van der Waals surface area contributed by atoms with Crippen LogP contribution in [0.25, 0.3) is 0 Å². The van der Waals surface area contributed by atoms with Crippen LogP contribution in [0.5, 0.6) is 0 Å². The number of hydrogen-bond acceptors (Lipinski definition) is 3. The van der Waals surface area contributed by atoms with Crippen molar-refractivity contribution in [3.05, 3.63) is 23.7 Å². The number of hydrogen-bond donors (Lipinski definition) is 2. The topological polar surface area (TPSA) is 45.4 Å². The first-order valence-corrected chi connectivity index (χ1v) is 6.33. The maximum Gasteiger partial charge on any atom is 0.449 e. The van der Waals surface area contributed by atoms with E-state index in [2.05, 4.69) is 5.32 Å². The highest BCUT2D eigenvalue weighted by Crippen LogP contribution is 2.32. The Kier molecular flexibility index (Phi) is 5.43. The van der Waals surface area contributed by atoms with Gasteiger partial charge in [0, 0.05) is 6.04 Å². The second-order valence-corrected chi connectivity index (χ2v) is 4.86. The van der Waals surface area contributed by atoms with Gasteiger partial charge in [0.05, 0.1) is 12.6 Å². The third-order valence-electron chi connectivity index (χ3n) is 3.07. The van der Waals surface area contributed by atoms with Crippen LogP contribution >= 0.6 is 0 Å². The van der Waals surface area contributed by atoms with Gasteiger partial charge in [-0.15, -0.1) is 0 Å². The number of nitrogens with one attached hydrogen (secondary N) is 1. The van der Waals surface area contributed by atoms with Crippen LogP contribution in [0.4, 0.5) is 13.2 Å². The van der Waals surface area contributed by atoms with Crippen molar-refractivity contribution in [2.24, 2.45) is 5.92 Å². The summed E-state index contributed by atoms with van der Waals surface area (Å²) in [5, 5.41) is 12.4.